The molecule has 0 saturated carbocycles. The molecule has 1 atom stereocenters. The second kappa shape index (κ2) is 9.97. The zero-order valence-electron chi connectivity index (χ0n) is 18.1. The van der Waals surface area contributed by atoms with E-state index in [4.69, 9.17) is 16.3 Å². The van der Waals surface area contributed by atoms with E-state index in [0.717, 1.165) is 48.3 Å². The largest absolute Gasteiger partial charge is 0.496 e. The molecule has 0 spiro atoms. The molecule has 0 amide bonds. The number of hydrogen-bond donors (Lipinski definition) is 1. The van der Waals surface area contributed by atoms with Crippen molar-refractivity contribution in [3.05, 3.63) is 70.7 Å². The highest BCUT2D eigenvalue weighted by Crippen LogP contribution is 2.35. The van der Waals surface area contributed by atoms with Crippen molar-refractivity contribution in [2.75, 3.05) is 25.1 Å². The second-order valence-electron chi connectivity index (χ2n) is 7.96. The summed E-state index contributed by atoms with van der Waals surface area (Å²) in [6, 6.07) is 15.6. The fourth-order valence-corrected chi connectivity index (χ4v) is 4.23. The molecule has 5 nitrogen and oxygen atoms in total. The van der Waals surface area contributed by atoms with Crippen molar-refractivity contribution in [1.82, 2.24) is 15.5 Å². The van der Waals surface area contributed by atoms with Gasteiger partial charge in [0.1, 0.15) is 5.75 Å². The Labute approximate surface area is 195 Å². The number of anilines is 1. The van der Waals surface area contributed by atoms with Gasteiger partial charge in [0.15, 0.2) is 5.82 Å². The van der Waals surface area contributed by atoms with Gasteiger partial charge in [0, 0.05) is 31.2 Å². The lowest BCUT2D eigenvalue weighted by atomic mass is 10.0. The van der Waals surface area contributed by atoms with Gasteiger partial charge in [-0.25, -0.2) is 0 Å². The lowest BCUT2D eigenvalue weighted by Gasteiger charge is -2.34. The van der Waals surface area contributed by atoms with Gasteiger partial charge in [-0.05, 0) is 54.8 Å². The first-order valence-corrected chi connectivity index (χ1v) is 11.0. The van der Waals surface area contributed by atoms with E-state index in [1.54, 1.807) is 13.2 Å². The monoisotopic (exact) mass is 476 g/mol. The van der Waals surface area contributed by atoms with E-state index in [-0.39, 0.29) is 11.1 Å². The molecular weight excluding hydrogens is 453 g/mol. The van der Waals surface area contributed by atoms with Crippen LogP contribution in [0, 0.1) is 0 Å². The number of benzene rings is 2. The summed E-state index contributed by atoms with van der Waals surface area (Å²) in [5, 5.41) is 11.9. The quantitative estimate of drug-likeness (QED) is 0.503. The van der Waals surface area contributed by atoms with Crippen molar-refractivity contribution in [2.24, 2.45) is 0 Å². The highest BCUT2D eigenvalue weighted by Gasteiger charge is 2.33. The predicted octanol–water partition coefficient (Wildman–Crippen LogP) is 5.58. The number of rotatable bonds is 6. The SMILES string of the molecule is COc1ccccc1-c1ccc(N2CCCC(NCc3ccc(Cl)c(C(F)(F)F)c3)C2)nn1. The van der Waals surface area contributed by atoms with Crippen molar-refractivity contribution in [2.45, 2.75) is 31.6 Å². The van der Waals surface area contributed by atoms with E-state index in [1.807, 2.05) is 36.4 Å². The van der Waals surface area contributed by atoms with Gasteiger partial charge in [0.05, 0.1) is 23.4 Å². The number of halogens is 4. The van der Waals surface area contributed by atoms with Crippen LogP contribution < -0.4 is 15.0 Å². The van der Waals surface area contributed by atoms with Gasteiger partial charge in [-0.15, -0.1) is 10.2 Å². The van der Waals surface area contributed by atoms with Gasteiger partial charge in [-0.3, -0.25) is 0 Å². The van der Waals surface area contributed by atoms with E-state index in [2.05, 4.69) is 20.4 Å². The number of nitrogens with zero attached hydrogens (tertiary/aromatic N) is 3. The van der Waals surface area contributed by atoms with E-state index >= 15 is 0 Å². The highest BCUT2D eigenvalue weighted by molar-refractivity contribution is 6.31. The van der Waals surface area contributed by atoms with E-state index in [9.17, 15) is 13.2 Å². The second-order valence-corrected chi connectivity index (χ2v) is 8.36. The van der Waals surface area contributed by atoms with E-state index in [0.29, 0.717) is 18.7 Å². The van der Waals surface area contributed by atoms with E-state index in [1.165, 1.54) is 6.07 Å². The predicted molar refractivity (Wildman–Crippen MR) is 123 cm³/mol. The first-order chi connectivity index (χ1) is 15.8. The van der Waals surface area contributed by atoms with Gasteiger partial charge < -0.3 is 15.0 Å². The molecule has 3 aromatic rings. The Morgan fingerprint density at radius 3 is 2.67 bits per heavy atom. The molecule has 1 aromatic heterocycles. The van der Waals surface area contributed by atoms with Crippen molar-refractivity contribution < 1.29 is 17.9 Å². The molecule has 0 bridgehead atoms. The van der Waals surface area contributed by atoms with Crippen LogP contribution in [0.5, 0.6) is 5.75 Å². The lowest BCUT2D eigenvalue weighted by Crippen LogP contribution is -2.45. The summed E-state index contributed by atoms with van der Waals surface area (Å²) in [5.74, 6) is 1.50. The standard InChI is InChI=1S/C24H24ClF3N4O/c1-33-22-7-3-2-6-18(22)21-10-11-23(31-30-21)32-12-4-5-17(15-32)29-14-16-8-9-20(25)19(13-16)24(26,27)28/h2-3,6-11,13,17,29H,4-5,12,14-15H2,1H3. The van der Waals surface area contributed by atoms with Crippen molar-refractivity contribution in [1.29, 1.82) is 0 Å². The third kappa shape index (κ3) is 5.57. The fourth-order valence-electron chi connectivity index (χ4n) is 4.01. The molecule has 1 aliphatic rings. The number of para-hydroxylation sites is 1. The van der Waals surface area contributed by atoms with Crippen LogP contribution in [-0.4, -0.2) is 36.4 Å². The molecule has 2 aromatic carbocycles. The van der Waals surface area contributed by atoms with E-state index < -0.39 is 11.7 Å². The molecule has 33 heavy (non-hydrogen) atoms. The smallest absolute Gasteiger partial charge is 0.417 e. The number of nitrogens with one attached hydrogen (secondary N) is 1. The van der Waals surface area contributed by atoms with Crippen LogP contribution in [-0.2, 0) is 12.7 Å². The summed E-state index contributed by atoms with van der Waals surface area (Å²) in [6.07, 6.45) is -2.59. The third-order valence-electron chi connectivity index (χ3n) is 5.71. The zero-order valence-corrected chi connectivity index (χ0v) is 18.8. The molecule has 1 fully saturated rings. The maximum atomic E-state index is 13.1. The van der Waals surface area contributed by atoms with Gasteiger partial charge in [-0.2, -0.15) is 13.2 Å². The lowest BCUT2D eigenvalue weighted by molar-refractivity contribution is -0.137. The Balaban J connectivity index is 1.40. The first kappa shape index (κ1) is 23.3. The van der Waals surface area contributed by atoms with Crippen LogP contribution in [0.4, 0.5) is 19.0 Å². The number of piperidine rings is 1. The van der Waals surface area contributed by atoms with Gasteiger partial charge in [0.2, 0.25) is 0 Å². The van der Waals surface area contributed by atoms with Crippen LogP contribution in [0.15, 0.2) is 54.6 Å². The Bertz CT molecular complexity index is 1090. The summed E-state index contributed by atoms with van der Waals surface area (Å²) in [4.78, 5) is 2.14. The zero-order chi connectivity index (χ0) is 23.4. The Hall–Kier alpha value is -2.84. The molecule has 0 aliphatic carbocycles. The summed E-state index contributed by atoms with van der Waals surface area (Å²) < 4.78 is 44.7. The van der Waals surface area contributed by atoms with Crippen molar-refractivity contribution in [3.63, 3.8) is 0 Å². The van der Waals surface area contributed by atoms with Crippen LogP contribution in [0.1, 0.15) is 24.0 Å². The number of alkyl halides is 3. The molecular formula is C24H24ClF3N4O. The normalized spacial score (nSPS) is 16.6. The minimum absolute atomic E-state index is 0.124. The highest BCUT2D eigenvalue weighted by atomic mass is 35.5. The molecule has 2 heterocycles. The average Bonchev–Trinajstić information content (AvgIpc) is 2.83. The Morgan fingerprint density at radius 1 is 1.12 bits per heavy atom. The minimum atomic E-state index is -4.47. The molecule has 1 aliphatic heterocycles. The fraction of sp³-hybridized carbons (Fsp3) is 0.333. The maximum Gasteiger partial charge on any atom is 0.417 e. The summed E-state index contributed by atoms with van der Waals surface area (Å²) in [6.45, 7) is 1.87. The number of aromatic nitrogens is 2. The topological polar surface area (TPSA) is 50.3 Å². The molecule has 9 heteroatoms. The molecule has 174 valence electrons. The van der Waals surface area contributed by atoms with Crippen molar-refractivity contribution in [3.8, 4) is 17.0 Å². The van der Waals surface area contributed by atoms with Crippen LogP contribution >= 0.6 is 11.6 Å². The number of hydrogen-bond acceptors (Lipinski definition) is 5. The first-order valence-electron chi connectivity index (χ1n) is 10.7. The Morgan fingerprint density at radius 2 is 1.94 bits per heavy atom. The molecule has 1 saturated heterocycles. The minimum Gasteiger partial charge on any atom is -0.496 e. The Kier molecular flexibility index (Phi) is 7.05. The maximum absolute atomic E-state index is 13.1. The summed E-state index contributed by atoms with van der Waals surface area (Å²) >= 11 is 5.72. The summed E-state index contributed by atoms with van der Waals surface area (Å²) in [5.41, 5.74) is 1.34. The van der Waals surface area contributed by atoms with Crippen LogP contribution in [0.2, 0.25) is 5.02 Å². The molecule has 1 unspecified atom stereocenters. The van der Waals surface area contributed by atoms with Crippen LogP contribution in [0.3, 0.4) is 0 Å². The molecule has 4 rings (SSSR count). The molecule has 0 radical (unpaired) electrons. The number of ether oxygens (including phenoxy) is 1. The van der Waals surface area contributed by atoms with Gasteiger partial charge in [0.25, 0.3) is 0 Å². The van der Waals surface area contributed by atoms with Gasteiger partial charge in [-0.1, -0.05) is 29.8 Å². The average molecular weight is 477 g/mol. The third-order valence-corrected chi connectivity index (χ3v) is 6.04. The molecule has 1 N–H and O–H groups in total. The van der Waals surface area contributed by atoms with Crippen molar-refractivity contribution >= 4 is 17.4 Å². The summed E-state index contributed by atoms with van der Waals surface area (Å²) in [7, 11) is 1.62. The van der Waals surface area contributed by atoms with Gasteiger partial charge >= 0.3 is 6.18 Å². The van der Waals surface area contributed by atoms with Crippen LogP contribution in [0.25, 0.3) is 11.3 Å². The number of methoxy groups -OCH3 is 1.